The van der Waals surface area contributed by atoms with Crippen molar-refractivity contribution in [3.8, 4) is 0 Å². The van der Waals surface area contributed by atoms with Gasteiger partial charge in [0.1, 0.15) is 22.3 Å². The summed E-state index contributed by atoms with van der Waals surface area (Å²) in [5, 5.41) is 2.85. The molecular formula is C20H22FNO6S. The van der Waals surface area contributed by atoms with Crippen molar-refractivity contribution in [2.75, 3.05) is 32.2 Å². The molecule has 1 amide bonds. The molecule has 156 valence electrons. The van der Waals surface area contributed by atoms with E-state index in [1.54, 1.807) is 13.8 Å². The van der Waals surface area contributed by atoms with Crippen molar-refractivity contribution in [2.24, 2.45) is 0 Å². The highest BCUT2D eigenvalue weighted by Gasteiger charge is 2.27. The summed E-state index contributed by atoms with van der Waals surface area (Å²) in [7, 11) is 1.48. The third kappa shape index (κ3) is 6.10. The molecule has 2 rings (SSSR count). The van der Waals surface area contributed by atoms with Crippen LogP contribution in [0.15, 0.2) is 24.3 Å². The third-order valence-electron chi connectivity index (χ3n) is 3.86. The molecule has 1 heterocycles. The van der Waals surface area contributed by atoms with E-state index in [2.05, 4.69) is 5.32 Å². The van der Waals surface area contributed by atoms with Gasteiger partial charge < -0.3 is 19.5 Å². The quantitative estimate of drug-likeness (QED) is 0.491. The molecule has 29 heavy (non-hydrogen) atoms. The van der Waals surface area contributed by atoms with Crippen LogP contribution in [-0.2, 0) is 25.4 Å². The molecule has 0 atom stereocenters. The highest BCUT2D eigenvalue weighted by Crippen LogP contribution is 2.34. The normalized spacial score (nSPS) is 10.5. The summed E-state index contributed by atoms with van der Waals surface area (Å²) < 4.78 is 28.0. The number of carbonyl (C=O) groups is 3. The topological polar surface area (TPSA) is 90.9 Å². The second-order valence-electron chi connectivity index (χ2n) is 5.96. The number of hydrogen-bond donors (Lipinski definition) is 1. The Hall–Kier alpha value is -2.78. The smallest absolute Gasteiger partial charge is 0.348 e. The summed E-state index contributed by atoms with van der Waals surface area (Å²) in [6.07, 6.45) is -0.0207. The number of benzene rings is 1. The molecule has 1 aromatic heterocycles. The zero-order valence-electron chi connectivity index (χ0n) is 16.4. The van der Waals surface area contributed by atoms with Gasteiger partial charge in [-0.2, -0.15) is 0 Å². The first-order chi connectivity index (χ1) is 13.9. The van der Waals surface area contributed by atoms with Gasteiger partial charge in [0.05, 0.1) is 25.2 Å². The van der Waals surface area contributed by atoms with Crippen molar-refractivity contribution in [1.82, 2.24) is 0 Å². The van der Waals surface area contributed by atoms with Crippen LogP contribution in [-0.4, -0.2) is 44.8 Å². The Morgan fingerprint density at radius 1 is 1.07 bits per heavy atom. The third-order valence-corrected chi connectivity index (χ3v) is 5.05. The Labute approximate surface area is 171 Å². The number of nitrogens with one attached hydrogen (secondary N) is 1. The van der Waals surface area contributed by atoms with Crippen molar-refractivity contribution in [3.63, 3.8) is 0 Å². The molecule has 0 saturated carbocycles. The largest absolute Gasteiger partial charge is 0.462 e. The summed E-state index contributed by atoms with van der Waals surface area (Å²) in [6, 6.07) is 5.52. The number of hydrogen-bond acceptors (Lipinski definition) is 7. The van der Waals surface area contributed by atoms with Crippen LogP contribution in [0.2, 0.25) is 0 Å². The Morgan fingerprint density at radius 3 is 2.38 bits per heavy atom. The summed E-state index contributed by atoms with van der Waals surface area (Å²) in [5.74, 6) is -2.07. The number of esters is 2. The maximum Gasteiger partial charge on any atom is 0.348 e. The first-order valence-electron chi connectivity index (χ1n) is 8.88. The van der Waals surface area contributed by atoms with Gasteiger partial charge in [-0.1, -0.05) is 12.1 Å². The number of rotatable bonds is 9. The van der Waals surface area contributed by atoms with Gasteiger partial charge in [0.2, 0.25) is 5.91 Å². The first-order valence-corrected chi connectivity index (χ1v) is 9.69. The minimum Gasteiger partial charge on any atom is -0.462 e. The standard InChI is InChI=1S/C20H22FNO6S/c1-4-27-19(24)16-12(2)17(20(25)28-10-9-26-3)29-18(16)22-15(23)11-13-5-7-14(21)8-6-13/h5-8H,4,9-11H2,1-3H3,(H,22,23). The van der Waals surface area contributed by atoms with Crippen LogP contribution in [0, 0.1) is 12.7 Å². The van der Waals surface area contributed by atoms with E-state index in [1.807, 2.05) is 0 Å². The highest BCUT2D eigenvalue weighted by molar-refractivity contribution is 7.18. The molecule has 7 nitrogen and oxygen atoms in total. The number of amides is 1. The molecule has 2 aromatic rings. The van der Waals surface area contributed by atoms with E-state index in [4.69, 9.17) is 14.2 Å². The molecular weight excluding hydrogens is 401 g/mol. The van der Waals surface area contributed by atoms with Gasteiger partial charge in [0.15, 0.2) is 0 Å². The fourth-order valence-electron chi connectivity index (χ4n) is 2.49. The van der Waals surface area contributed by atoms with E-state index in [0.29, 0.717) is 11.1 Å². The van der Waals surface area contributed by atoms with Crippen molar-refractivity contribution in [2.45, 2.75) is 20.3 Å². The Balaban J connectivity index is 2.24. The lowest BCUT2D eigenvalue weighted by Crippen LogP contribution is -2.16. The molecule has 1 aromatic carbocycles. The number of halogens is 1. The second-order valence-corrected chi connectivity index (χ2v) is 6.98. The van der Waals surface area contributed by atoms with E-state index < -0.39 is 23.7 Å². The fourth-order valence-corrected chi connectivity index (χ4v) is 3.59. The van der Waals surface area contributed by atoms with Gasteiger partial charge in [-0.05, 0) is 37.1 Å². The zero-order chi connectivity index (χ0) is 21.4. The molecule has 0 spiro atoms. The number of thiophene rings is 1. The summed E-state index contributed by atoms with van der Waals surface area (Å²) >= 11 is 0.940. The lowest BCUT2D eigenvalue weighted by atomic mass is 10.1. The summed E-state index contributed by atoms with van der Waals surface area (Å²) in [5.41, 5.74) is 1.09. The highest BCUT2D eigenvalue weighted by atomic mass is 32.1. The molecule has 1 N–H and O–H groups in total. The molecule has 0 fully saturated rings. The molecule has 0 unspecified atom stereocenters. The average Bonchev–Trinajstić information content (AvgIpc) is 3.00. The van der Waals surface area contributed by atoms with Gasteiger partial charge in [-0.25, -0.2) is 14.0 Å². The Morgan fingerprint density at radius 2 is 1.76 bits per heavy atom. The Kier molecular flexibility index (Phi) is 8.29. The van der Waals surface area contributed by atoms with Gasteiger partial charge >= 0.3 is 11.9 Å². The predicted molar refractivity (Wildman–Crippen MR) is 106 cm³/mol. The molecule has 0 aliphatic heterocycles. The molecule has 0 aliphatic rings. The monoisotopic (exact) mass is 423 g/mol. The van der Waals surface area contributed by atoms with Crippen molar-refractivity contribution in [1.29, 1.82) is 0 Å². The van der Waals surface area contributed by atoms with Gasteiger partial charge in [0, 0.05) is 7.11 Å². The number of carbonyl (C=O) groups excluding carboxylic acids is 3. The maximum absolute atomic E-state index is 13.0. The van der Waals surface area contributed by atoms with Gasteiger partial charge in [-0.15, -0.1) is 11.3 Å². The van der Waals surface area contributed by atoms with Crippen LogP contribution >= 0.6 is 11.3 Å². The van der Waals surface area contributed by atoms with Crippen LogP contribution < -0.4 is 5.32 Å². The SMILES string of the molecule is CCOC(=O)c1c(NC(=O)Cc2ccc(F)cc2)sc(C(=O)OCCOC)c1C. The molecule has 0 aliphatic carbocycles. The number of ether oxygens (including phenoxy) is 3. The molecule has 0 bridgehead atoms. The van der Waals surface area contributed by atoms with Crippen molar-refractivity contribution < 1.29 is 33.0 Å². The zero-order valence-corrected chi connectivity index (χ0v) is 17.2. The molecule has 9 heteroatoms. The lowest BCUT2D eigenvalue weighted by Gasteiger charge is -2.07. The summed E-state index contributed by atoms with van der Waals surface area (Å²) in [6.45, 7) is 3.69. The van der Waals surface area contributed by atoms with Gasteiger partial charge in [-0.3, -0.25) is 4.79 Å². The maximum atomic E-state index is 13.0. The van der Waals surface area contributed by atoms with E-state index >= 15 is 0 Å². The minimum absolute atomic E-state index is 0.0207. The molecule has 0 saturated heterocycles. The Bertz CT molecular complexity index is 878. The minimum atomic E-state index is -0.644. The molecule has 0 radical (unpaired) electrons. The fraction of sp³-hybridized carbons (Fsp3) is 0.350. The van der Waals surface area contributed by atoms with E-state index in [9.17, 15) is 18.8 Å². The van der Waals surface area contributed by atoms with Crippen LogP contribution in [0.25, 0.3) is 0 Å². The second kappa shape index (κ2) is 10.7. The predicted octanol–water partition coefficient (Wildman–Crippen LogP) is 3.36. The van der Waals surface area contributed by atoms with E-state index in [-0.39, 0.29) is 41.7 Å². The van der Waals surface area contributed by atoms with E-state index in [0.717, 1.165) is 11.3 Å². The lowest BCUT2D eigenvalue weighted by molar-refractivity contribution is -0.115. The van der Waals surface area contributed by atoms with Crippen LogP contribution in [0.4, 0.5) is 9.39 Å². The number of methoxy groups -OCH3 is 1. The van der Waals surface area contributed by atoms with Crippen LogP contribution in [0.1, 0.15) is 38.1 Å². The van der Waals surface area contributed by atoms with Crippen LogP contribution in [0.3, 0.4) is 0 Å². The van der Waals surface area contributed by atoms with Gasteiger partial charge in [0.25, 0.3) is 0 Å². The van der Waals surface area contributed by atoms with Crippen molar-refractivity contribution in [3.05, 3.63) is 51.7 Å². The average molecular weight is 423 g/mol. The first kappa shape index (κ1) is 22.5. The van der Waals surface area contributed by atoms with Crippen molar-refractivity contribution >= 4 is 34.2 Å². The van der Waals surface area contributed by atoms with Crippen LogP contribution in [0.5, 0.6) is 0 Å². The summed E-state index contributed by atoms with van der Waals surface area (Å²) in [4.78, 5) is 37.3. The number of anilines is 1. The van der Waals surface area contributed by atoms with E-state index in [1.165, 1.54) is 31.4 Å².